The fraction of sp³-hybridized carbons (Fsp3) is 0.812. The van der Waals surface area contributed by atoms with Crippen molar-refractivity contribution in [1.29, 1.82) is 0 Å². The predicted octanol–water partition coefficient (Wildman–Crippen LogP) is 11.0. The second kappa shape index (κ2) is 25.4. The number of rotatable bonds is 15. The van der Waals surface area contributed by atoms with Crippen molar-refractivity contribution in [1.82, 2.24) is 0 Å². The van der Waals surface area contributed by atoms with Gasteiger partial charge in [0.05, 0.1) is 13.2 Å². The van der Waals surface area contributed by atoms with Gasteiger partial charge in [0.1, 0.15) is 36.6 Å². The van der Waals surface area contributed by atoms with Gasteiger partial charge < -0.3 is 37.9 Å². The summed E-state index contributed by atoms with van der Waals surface area (Å²) in [7, 11) is 0. The molecule has 0 aromatic heterocycles. The number of fused-ring (bicyclic) bond motifs is 10. The molecule has 0 aromatic rings. The maximum Gasteiger partial charge on any atom is 0.330 e. The molecule has 16 heteroatoms. The van der Waals surface area contributed by atoms with E-state index in [0.29, 0.717) is 26.1 Å². The number of carbonyl (C=O) groups excluding carboxylic acids is 8. The summed E-state index contributed by atoms with van der Waals surface area (Å²) in [5.74, 6) is -0.223. The van der Waals surface area contributed by atoms with Crippen LogP contribution in [0, 0.1) is 86.8 Å². The van der Waals surface area contributed by atoms with Gasteiger partial charge in [0.15, 0.2) is 0 Å². The molecule has 0 amide bonds. The largest absolute Gasteiger partial charge is 0.466 e. The molecule has 21 atom stereocenters. The van der Waals surface area contributed by atoms with E-state index in [1.165, 1.54) is 47.6 Å². The van der Waals surface area contributed by atoms with Crippen LogP contribution in [0.25, 0.3) is 0 Å². The number of esters is 8. The van der Waals surface area contributed by atoms with E-state index in [-0.39, 0.29) is 166 Å². The third kappa shape index (κ3) is 12.7. The van der Waals surface area contributed by atoms with E-state index in [9.17, 15) is 38.4 Å². The Kier molecular flexibility index (Phi) is 19.9. The Balaban J connectivity index is 0.000000231. The van der Waals surface area contributed by atoms with E-state index in [0.717, 1.165) is 89.0 Å². The highest BCUT2D eigenvalue weighted by Crippen LogP contribution is 2.71. The summed E-state index contributed by atoms with van der Waals surface area (Å²) in [6.07, 6.45) is 16.0. The Morgan fingerprint density at radius 1 is 0.562 bits per heavy atom. The Hall–Kier alpha value is -4.76. The van der Waals surface area contributed by atoms with Gasteiger partial charge in [0.2, 0.25) is 0 Å². The Morgan fingerprint density at radius 2 is 1.04 bits per heavy atom. The second-order valence-corrected chi connectivity index (χ2v) is 26.4. The monoisotopic (exact) mass is 1120 g/mol. The summed E-state index contributed by atoms with van der Waals surface area (Å²) < 4.78 is 46.1. The molecular formula is C64H96O16. The number of hydrogen-bond acceptors (Lipinski definition) is 16. The van der Waals surface area contributed by atoms with Crippen molar-refractivity contribution in [3.63, 3.8) is 0 Å². The summed E-state index contributed by atoms with van der Waals surface area (Å²) in [6.45, 7) is 26.6. The van der Waals surface area contributed by atoms with Crippen LogP contribution in [0.2, 0.25) is 0 Å². The average Bonchev–Trinajstić information content (AvgIpc) is 3.91. The van der Waals surface area contributed by atoms with Gasteiger partial charge in [-0.3, -0.25) is 33.6 Å². The molecule has 0 aliphatic heterocycles. The summed E-state index contributed by atoms with van der Waals surface area (Å²) >= 11 is 0. The lowest BCUT2D eigenvalue weighted by Crippen LogP contribution is -2.63. The maximum absolute atomic E-state index is 12.5. The van der Waals surface area contributed by atoms with Gasteiger partial charge in [-0.1, -0.05) is 59.3 Å². The van der Waals surface area contributed by atoms with Crippen molar-refractivity contribution in [2.75, 3.05) is 13.2 Å². The topological polar surface area (TPSA) is 210 Å². The molecular weight excluding hydrogens is 1020 g/mol. The molecule has 80 heavy (non-hydrogen) atoms. The average molecular weight is 1120 g/mol. The first kappa shape index (κ1) is 62.8. The smallest absolute Gasteiger partial charge is 0.330 e. The summed E-state index contributed by atoms with van der Waals surface area (Å²) in [5, 5.41) is 0. The lowest BCUT2D eigenvalue weighted by atomic mass is 9.43. The van der Waals surface area contributed by atoms with Gasteiger partial charge in [0, 0.05) is 76.7 Å². The van der Waals surface area contributed by atoms with Crippen molar-refractivity contribution < 1.29 is 76.3 Å². The molecule has 448 valence electrons. The molecule has 0 bridgehead atoms. The van der Waals surface area contributed by atoms with Crippen LogP contribution in [0.5, 0.6) is 0 Å². The molecule has 0 unspecified atom stereocenters. The lowest BCUT2D eigenvalue weighted by Gasteiger charge is -2.64. The van der Waals surface area contributed by atoms with Crippen molar-refractivity contribution in [3.05, 3.63) is 23.8 Å². The molecule has 7 fully saturated rings. The SMILES string of the molecule is CCOC(=O)/C=C/[C@@H](C)C1=CC[C@H]2[C@@H]3[C@H](OC(C)=O)C[C@@H]4C[C@H](OC(C)=O)CC[C@]4(C)[C@H]3C[C@@H](OC(C)=O)[C@]12C.CCOC(=O)CC[C@@H](C)[C@H]1CC[C@H]2[C@@H]3[C@H](OC(C)=O)C[C@@H]4C[C@H](OC(C)=O)CC[C@]4(C)[C@H]3C[C@@H](OC(C)=O)[C@]12C. The van der Waals surface area contributed by atoms with E-state index >= 15 is 0 Å². The number of carbonyl (C=O) groups is 8. The number of ether oxygens (including phenoxy) is 8. The maximum atomic E-state index is 12.5. The van der Waals surface area contributed by atoms with Crippen LogP contribution in [-0.2, 0) is 76.3 Å². The third-order valence-electron chi connectivity index (χ3n) is 22.1. The van der Waals surface area contributed by atoms with Gasteiger partial charge in [0.25, 0.3) is 0 Å². The minimum absolute atomic E-state index is 0.0225. The van der Waals surface area contributed by atoms with E-state index in [4.69, 9.17) is 37.9 Å². The van der Waals surface area contributed by atoms with Crippen LogP contribution in [0.1, 0.15) is 193 Å². The minimum atomic E-state index is -0.470. The first-order valence-electron chi connectivity index (χ1n) is 30.4. The zero-order valence-corrected chi connectivity index (χ0v) is 50.6. The number of hydrogen-bond donors (Lipinski definition) is 0. The second-order valence-electron chi connectivity index (χ2n) is 26.4. The molecule has 0 radical (unpaired) electrons. The Bertz CT molecular complexity index is 2380. The molecule has 8 aliphatic carbocycles. The first-order chi connectivity index (χ1) is 37.6. The van der Waals surface area contributed by atoms with E-state index < -0.39 is 5.41 Å². The predicted molar refractivity (Wildman–Crippen MR) is 295 cm³/mol. The zero-order valence-electron chi connectivity index (χ0n) is 50.6. The fourth-order valence-electron chi connectivity index (χ4n) is 18.9. The molecule has 0 N–H and O–H groups in total. The summed E-state index contributed by atoms with van der Waals surface area (Å²) in [6, 6.07) is 0. The van der Waals surface area contributed by atoms with Gasteiger partial charge in [-0.25, -0.2) is 4.79 Å². The van der Waals surface area contributed by atoms with Crippen LogP contribution in [0.3, 0.4) is 0 Å². The molecule has 8 rings (SSSR count). The van der Waals surface area contributed by atoms with Gasteiger partial charge in [-0.15, -0.1) is 0 Å². The Labute approximate surface area is 476 Å². The third-order valence-corrected chi connectivity index (χ3v) is 22.1. The van der Waals surface area contributed by atoms with E-state index in [1.54, 1.807) is 6.92 Å². The minimum Gasteiger partial charge on any atom is -0.466 e. The molecule has 0 saturated heterocycles. The van der Waals surface area contributed by atoms with E-state index in [1.807, 2.05) is 13.0 Å². The normalized spacial score (nSPS) is 40.1. The highest BCUT2D eigenvalue weighted by Gasteiger charge is 2.69. The quantitative estimate of drug-likeness (QED) is 0.0646. The Morgan fingerprint density at radius 3 is 1.52 bits per heavy atom. The molecule has 0 aromatic carbocycles. The standard InChI is InChI=1S/C32H50O8.C32H46O8/c2*1-8-37-29(36)12-9-18(2)24-10-11-25-30-26(17-28(32(24,25)7)40-21(5)35)31(6)14-13-23(38-19(3)33)15-22(31)16-27(30)39-20(4)34/h18,22-28,30H,8-17H2,1-7H3;9-10,12,18,22-23,25-28,30H,8,11,13-17H2,1-7H3/b;12-9+/t18-,22+,23-,24-,25+,26+,27-,28-,30+,31+,32-;18-,22+,23-,25+,26+,27-,28-,30+,31+,32-/m11/s1. The highest BCUT2D eigenvalue weighted by atomic mass is 16.6. The van der Waals surface area contributed by atoms with Crippen molar-refractivity contribution >= 4 is 47.8 Å². The van der Waals surface area contributed by atoms with Gasteiger partial charge >= 0.3 is 47.8 Å². The van der Waals surface area contributed by atoms with Gasteiger partial charge in [-0.05, 0) is 168 Å². The fourth-order valence-corrected chi connectivity index (χ4v) is 18.9. The summed E-state index contributed by atoms with van der Waals surface area (Å²) in [5.41, 5.74) is 0.315. The first-order valence-corrected chi connectivity index (χ1v) is 30.4. The van der Waals surface area contributed by atoms with Crippen molar-refractivity contribution in [2.45, 2.75) is 230 Å². The van der Waals surface area contributed by atoms with E-state index in [2.05, 4.69) is 47.6 Å². The van der Waals surface area contributed by atoms with Crippen LogP contribution < -0.4 is 0 Å². The van der Waals surface area contributed by atoms with Crippen LogP contribution in [0.4, 0.5) is 0 Å². The molecule has 0 heterocycles. The van der Waals surface area contributed by atoms with Crippen LogP contribution in [-0.4, -0.2) is 97.6 Å². The lowest BCUT2D eigenvalue weighted by molar-refractivity contribution is -0.224. The molecule has 8 aliphatic rings. The van der Waals surface area contributed by atoms with Gasteiger partial charge in [-0.2, -0.15) is 0 Å². The number of allylic oxidation sites excluding steroid dienone is 2. The summed E-state index contributed by atoms with van der Waals surface area (Å²) in [4.78, 5) is 97.3. The molecule has 7 saturated carbocycles. The highest BCUT2D eigenvalue weighted by molar-refractivity contribution is 5.82. The zero-order chi connectivity index (χ0) is 58.8. The van der Waals surface area contributed by atoms with Crippen molar-refractivity contribution in [3.8, 4) is 0 Å². The van der Waals surface area contributed by atoms with Crippen molar-refractivity contribution in [2.24, 2.45) is 86.8 Å². The molecule has 0 spiro atoms. The van der Waals surface area contributed by atoms with Crippen LogP contribution >= 0.6 is 0 Å². The van der Waals surface area contributed by atoms with Crippen LogP contribution in [0.15, 0.2) is 23.8 Å². The molecule has 16 nitrogen and oxygen atoms in total.